The third kappa shape index (κ3) is 4.95. The second kappa shape index (κ2) is 8.98. The van der Waals surface area contributed by atoms with Gasteiger partial charge >= 0.3 is 0 Å². The van der Waals surface area contributed by atoms with Gasteiger partial charge in [0.15, 0.2) is 12.0 Å². The molecule has 1 rings (SSSR count). The van der Waals surface area contributed by atoms with E-state index in [1.54, 1.807) is 6.92 Å². The fraction of sp³-hybridized carbons (Fsp3) is 0.765. The Morgan fingerprint density at radius 1 is 1.43 bits per heavy atom. The van der Waals surface area contributed by atoms with E-state index < -0.39 is 0 Å². The molecular weight excluding hydrogens is 262 g/mol. The Hall–Kier alpha value is -1.16. The highest BCUT2D eigenvalue weighted by Crippen LogP contribution is 2.23. The number of hydrogen-bond acceptors (Lipinski definition) is 2. The van der Waals surface area contributed by atoms with Crippen LogP contribution in [0.3, 0.4) is 0 Å². The largest absolute Gasteiger partial charge is 0.307 e. The molecule has 0 aromatic rings. The van der Waals surface area contributed by atoms with E-state index in [9.17, 15) is 4.79 Å². The summed E-state index contributed by atoms with van der Waals surface area (Å²) in [5.41, 5.74) is 0. The van der Waals surface area contributed by atoms with E-state index in [2.05, 4.69) is 25.7 Å². The summed E-state index contributed by atoms with van der Waals surface area (Å²) in [4.78, 5) is 16.1. The van der Waals surface area contributed by atoms with Crippen molar-refractivity contribution in [2.75, 3.05) is 19.6 Å². The monoisotopic (exact) mass is 294 g/mol. The summed E-state index contributed by atoms with van der Waals surface area (Å²) in [6, 6.07) is 0. The molecule has 1 aliphatic heterocycles. The molecule has 0 spiro atoms. The molecule has 1 heterocycles. The molecule has 21 heavy (non-hydrogen) atoms. The third-order valence-electron chi connectivity index (χ3n) is 4.58. The summed E-state index contributed by atoms with van der Waals surface area (Å²) in [5.74, 6) is 1.33. The van der Waals surface area contributed by atoms with E-state index in [0.29, 0.717) is 0 Å². The molecule has 0 saturated heterocycles. The second-order valence-electron chi connectivity index (χ2n) is 5.99. The topological polar surface area (TPSA) is 41.5 Å². The van der Waals surface area contributed by atoms with Gasteiger partial charge in [0.05, 0.1) is 13.1 Å². The smallest absolute Gasteiger partial charge is 0.221 e. The highest BCUT2D eigenvalue weighted by atomic mass is 16.1. The average molecular weight is 294 g/mol. The van der Waals surface area contributed by atoms with Gasteiger partial charge in [0, 0.05) is 20.3 Å². The van der Waals surface area contributed by atoms with E-state index in [-0.39, 0.29) is 12.1 Å². The predicted octanol–water partition coefficient (Wildman–Crippen LogP) is 3.24. The summed E-state index contributed by atoms with van der Waals surface area (Å²) in [6.07, 6.45) is 9.26. The molecule has 120 valence electrons. The number of nitrogens with one attached hydrogen (secondary N) is 1. The standard InChI is InChI=1S/C17H31N3O/c1-5-7-8-9-10-11-12-17-18-13-14-20(17,6-2)15(3)19-16(4)21/h5,15H,1,6-14H2,2-4H3/p+1. The van der Waals surface area contributed by atoms with Gasteiger partial charge in [0.25, 0.3) is 0 Å². The number of unbranched alkanes of at least 4 members (excludes halogenated alkanes) is 4. The fourth-order valence-electron chi connectivity index (χ4n) is 3.30. The Bertz CT molecular complexity index is 378. The molecule has 0 fully saturated rings. The van der Waals surface area contributed by atoms with E-state index in [1.807, 2.05) is 6.08 Å². The first-order valence-electron chi connectivity index (χ1n) is 8.35. The third-order valence-corrected chi connectivity index (χ3v) is 4.58. The number of likely N-dealkylation sites (N-methyl/N-ethyl adjacent to an activating group) is 1. The number of amidine groups is 1. The van der Waals surface area contributed by atoms with Gasteiger partial charge < -0.3 is 5.32 Å². The summed E-state index contributed by atoms with van der Waals surface area (Å²) in [7, 11) is 0. The first kappa shape index (κ1) is 17.9. The van der Waals surface area contributed by atoms with Crippen molar-refractivity contribution >= 4 is 11.7 Å². The maximum absolute atomic E-state index is 11.4. The van der Waals surface area contributed by atoms with E-state index in [4.69, 9.17) is 4.99 Å². The zero-order valence-electron chi connectivity index (χ0n) is 14.0. The lowest BCUT2D eigenvalue weighted by molar-refractivity contribution is -0.861. The van der Waals surface area contributed by atoms with Gasteiger partial charge in [-0.1, -0.05) is 18.9 Å². The van der Waals surface area contributed by atoms with Crippen LogP contribution in [0.25, 0.3) is 0 Å². The first-order chi connectivity index (χ1) is 10.1. The number of quaternary nitrogens is 1. The zero-order valence-corrected chi connectivity index (χ0v) is 14.0. The van der Waals surface area contributed by atoms with Crippen LogP contribution in [0.4, 0.5) is 0 Å². The van der Waals surface area contributed by atoms with Crippen LogP contribution < -0.4 is 5.32 Å². The number of amides is 1. The molecule has 0 aromatic heterocycles. The minimum Gasteiger partial charge on any atom is -0.307 e. The van der Waals surface area contributed by atoms with Crippen LogP contribution in [0.15, 0.2) is 17.6 Å². The number of allylic oxidation sites excluding steroid dienone is 1. The van der Waals surface area contributed by atoms with Crippen molar-refractivity contribution in [2.45, 2.75) is 65.5 Å². The van der Waals surface area contributed by atoms with Crippen molar-refractivity contribution in [3.63, 3.8) is 0 Å². The second-order valence-corrected chi connectivity index (χ2v) is 5.99. The average Bonchev–Trinajstić information content (AvgIpc) is 2.86. The molecular formula is C17H32N3O+. The minimum absolute atomic E-state index is 0.0455. The van der Waals surface area contributed by atoms with Crippen LogP contribution in [0.2, 0.25) is 0 Å². The van der Waals surface area contributed by atoms with Crippen LogP contribution in [-0.4, -0.2) is 42.0 Å². The molecule has 2 atom stereocenters. The lowest BCUT2D eigenvalue weighted by Crippen LogP contribution is -2.62. The van der Waals surface area contributed by atoms with Crippen molar-refractivity contribution in [3.8, 4) is 0 Å². The molecule has 0 radical (unpaired) electrons. The van der Waals surface area contributed by atoms with E-state index >= 15 is 0 Å². The molecule has 1 amide bonds. The van der Waals surface area contributed by atoms with Crippen LogP contribution in [-0.2, 0) is 4.79 Å². The maximum Gasteiger partial charge on any atom is 0.221 e. The van der Waals surface area contributed by atoms with Gasteiger partial charge in [-0.25, -0.2) is 4.99 Å². The predicted molar refractivity (Wildman–Crippen MR) is 89.1 cm³/mol. The Balaban J connectivity index is 2.51. The molecule has 4 nitrogen and oxygen atoms in total. The van der Waals surface area contributed by atoms with Crippen molar-refractivity contribution < 1.29 is 9.28 Å². The van der Waals surface area contributed by atoms with Crippen molar-refractivity contribution in [1.82, 2.24) is 5.32 Å². The highest BCUT2D eigenvalue weighted by molar-refractivity contribution is 5.78. The van der Waals surface area contributed by atoms with Crippen molar-refractivity contribution in [3.05, 3.63) is 12.7 Å². The Labute approximate surface area is 129 Å². The molecule has 0 aliphatic carbocycles. The molecule has 0 aromatic carbocycles. The van der Waals surface area contributed by atoms with E-state index in [1.165, 1.54) is 31.5 Å². The molecule has 1 N–H and O–H groups in total. The van der Waals surface area contributed by atoms with Gasteiger partial charge in [-0.2, -0.15) is 0 Å². The van der Waals surface area contributed by atoms with Crippen LogP contribution in [0, 0.1) is 0 Å². The zero-order chi connectivity index (χ0) is 15.7. The maximum atomic E-state index is 11.4. The summed E-state index contributed by atoms with van der Waals surface area (Å²) in [5, 5.41) is 3.07. The lowest BCUT2D eigenvalue weighted by atomic mass is 10.1. The van der Waals surface area contributed by atoms with Crippen molar-refractivity contribution in [2.24, 2.45) is 4.99 Å². The quantitative estimate of drug-likeness (QED) is 0.375. The molecule has 4 heteroatoms. The number of carbonyl (C=O) groups excluding carboxylic acids is 1. The number of aliphatic imine (C=N–C) groups is 1. The number of hydrogen-bond donors (Lipinski definition) is 1. The Morgan fingerprint density at radius 3 is 2.76 bits per heavy atom. The lowest BCUT2D eigenvalue weighted by Gasteiger charge is -2.39. The van der Waals surface area contributed by atoms with Crippen molar-refractivity contribution in [1.29, 1.82) is 0 Å². The summed E-state index contributed by atoms with van der Waals surface area (Å²) >= 11 is 0. The molecule has 1 aliphatic rings. The molecule has 0 saturated carbocycles. The fourth-order valence-corrected chi connectivity index (χ4v) is 3.30. The van der Waals surface area contributed by atoms with E-state index in [0.717, 1.165) is 37.0 Å². The molecule has 0 bridgehead atoms. The summed E-state index contributed by atoms with van der Waals surface area (Å²) in [6.45, 7) is 12.6. The number of carbonyl (C=O) groups is 1. The molecule has 2 unspecified atom stereocenters. The van der Waals surface area contributed by atoms with Gasteiger partial charge in [-0.3, -0.25) is 9.28 Å². The highest BCUT2D eigenvalue weighted by Gasteiger charge is 2.41. The van der Waals surface area contributed by atoms with Gasteiger partial charge in [0.1, 0.15) is 6.54 Å². The number of rotatable bonds is 10. The summed E-state index contributed by atoms with van der Waals surface area (Å²) < 4.78 is 0.840. The van der Waals surface area contributed by atoms with Gasteiger partial charge in [0.2, 0.25) is 5.91 Å². The Morgan fingerprint density at radius 2 is 2.14 bits per heavy atom. The van der Waals surface area contributed by atoms with Crippen LogP contribution in [0.1, 0.15) is 59.3 Å². The first-order valence-corrected chi connectivity index (χ1v) is 8.35. The SMILES string of the molecule is C=CCCCCCCC1=NCC[N+]1(CC)C(C)NC(C)=O. The van der Waals surface area contributed by atoms with Crippen LogP contribution >= 0.6 is 0 Å². The van der Waals surface area contributed by atoms with Gasteiger partial charge in [-0.05, 0) is 26.2 Å². The van der Waals surface area contributed by atoms with Crippen LogP contribution in [0.5, 0.6) is 0 Å². The number of nitrogens with zero attached hydrogens (tertiary/aromatic N) is 2. The normalized spacial score (nSPS) is 22.7. The minimum atomic E-state index is 0.0455. The van der Waals surface area contributed by atoms with Gasteiger partial charge in [-0.15, -0.1) is 6.58 Å². The Kier molecular flexibility index (Phi) is 7.65.